The van der Waals surface area contributed by atoms with Crippen LogP contribution in [0.15, 0.2) is 66.3 Å². The smallest absolute Gasteiger partial charge is 0.0705 e. The zero-order valence-corrected chi connectivity index (χ0v) is 23.0. The Morgan fingerprint density at radius 1 is 1.11 bits per heavy atom. The minimum absolute atomic E-state index is 0.898. The highest BCUT2D eigenvalue weighted by atomic mass is 15.0. The van der Waals surface area contributed by atoms with Crippen molar-refractivity contribution in [2.75, 3.05) is 21.1 Å². The van der Waals surface area contributed by atoms with Gasteiger partial charge >= 0.3 is 0 Å². The minimum Gasteiger partial charge on any atom is -0.383 e. The van der Waals surface area contributed by atoms with Crippen LogP contribution >= 0.6 is 0 Å². The molecule has 0 unspecified atom stereocenters. The van der Waals surface area contributed by atoms with E-state index < -0.39 is 0 Å². The second kappa shape index (κ2) is 14.6. The molecule has 1 aliphatic rings. The summed E-state index contributed by atoms with van der Waals surface area (Å²) in [4.78, 5) is 11.7. The van der Waals surface area contributed by atoms with Crippen molar-refractivity contribution < 1.29 is 0 Å². The molecule has 1 saturated carbocycles. The molecule has 36 heavy (non-hydrogen) atoms. The number of pyridine rings is 1. The third-order valence-corrected chi connectivity index (χ3v) is 7.07. The molecule has 3 nitrogen and oxygen atoms in total. The number of hydrogen-bond acceptors (Lipinski definition) is 3. The Labute approximate surface area is 219 Å². The van der Waals surface area contributed by atoms with Crippen LogP contribution in [0.3, 0.4) is 0 Å². The molecular formula is C33H45N3. The molecular weight excluding hydrogens is 438 g/mol. The van der Waals surface area contributed by atoms with Gasteiger partial charge in [-0.15, -0.1) is 0 Å². The third kappa shape index (κ3) is 8.05. The molecule has 2 aromatic rings. The Hall–Kier alpha value is -2.94. The predicted molar refractivity (Wildman–Crippen MR) is 158 cm³/mol. The lowest BCUT2D eigenvalue weighted by Gasteiger charge is -2.21. The summed E-state index contributed by atoms with van der Waals surface area (Å²) in [5.41, 5.74) is 8.06. The van der Waals surface area contributed by atoms with Gasteiger partial charge in [-0.05, 0) is 54.0 Å². The van der Waals surface area contributed by atoms with Gasteiger partial charge in [0, 0.05) is 50.4 Å². The van der Waals surface area contributed by atoms with Gasteiger partial charge in [-0.3, -0.25) is 9.98 Å². The van der Waals surface area contributed by atoms with Crippen molar-refractivity contribution in [1.29, 1.82) is 0 Å². The van der Waals surface area contributed by atoms with E-state index in [0.29, 0.717) is 0 Å². The zero-order valence-electron chi connectivity index (χ0n) is 23.0. The largest absolute Gasteiger partial charge is 0.383 e. The molecule has 192 valence electrons. The summed E-state index contributed by atoms with van der Waals surface area (Å²) in [5.74, 6) is 0.898. The fourth-order valence-electron chi connectivity index (χ4n) is 5.20. The Morgan fingerprint density at radius 3 is 2.61 bits per heavy atom. The molecule has 0 saturated heterocycles. The van der Waals surface area contributed by atoms with E-state index in [-0.39, 0.29) is 0 Å². The van der Waals surface area contributed by atoms with Crippen LogP contribution in [0, 0.1) is 5.92 Å². The Morgan fingerprint density at radius 2 is 1.92 bits per heavy atom. The molecule has 1 fully saturated rings. The average molecular weight is 484 g/mol. The number of allylic oxidation sites excluding steroid dienone is 4. The maximum Gasteiger partial charge on any atom is 0.0705 e. The summed E-state index contributed by atoms with van der Waals surface area (Å²) in [6, 6.07) is 13.1. The van der Waals surface area contributed by atoms with Gasteiger partial charge in [0.1, 0.15) is 0 Å². The van der Waals surface area contributed by atoms with E-state index in [2.05, 4.69) is 72.1 Å². The first-order chi connectivity index (χ1) is 17.5. The first kappa shape index (κ1) is 27.6. The second-order valence-corrected chi connectivity index (χ2v) is 10.3. The monoisotopic (exact) mass is 483 g/mol. The summed E-state index contributed by atoms with van der Waals surface area (Å²) >= 11 is 0. The molecule has 3 heteroatoms. The van der Waals surface area contributed by atoms with Gasteiger partial charge in [-0.2, -0.15) is 0 Å². The highest BCUT2D eigenvalue weighted by molar-refractivity contribution is 6.10. The molecule has 0 amide bonds. The van der Waals surface area contributed by atoms with E-state index in [9.17, 15) is 0 Å². The Bertz CT molecular complexity index is 1070. The molecule has 1 aromatic heterocycles. The van der Waals surface area contributed by atoms with Crippen LogP contribution in [-0.4, -0.2) is 37.2 Å². The maximum atomic E-state index is 5.27. The lowest BCUT2D eigenvalue weighted by atomic mass is 9.85. The van der Waals surface area contributed by atoms with E-state index >= 15 is 0 Å². The first-order valence-corrected chi connectivity index (χ1v) is 13.8. The molecule has 0 aliphatic heterocycles. The lowest BCUT2D eigenvalue weighted by molar-refractivity contribution is 0.332. The topological polar surface area (TPSA) is 28.5 Å². The number of rotatable bonds is 12. The van der Waals surface area contributed by atoms with E-state index in [0.717, 1.165) is 47.6 Å². The number of unbranched alkanes of at least 4 members (excludes halogenated alkanes) is 1. The van der Waals surface area contributed by atoms with Crippen molar-refractivity contribution in [3.8, 4) is 11.3 Å². The van der Waals surface area contributed by atoms with Crippen molar-refractivity contribution in [3.05, 3.63) is 78.1 Å². The molecule has 1 heterocycles. The van der Waals surface area contributed by atoms with E-state index in [1.165, 1.54) is 61.8 Å². The maximum absolute atomic E-state index is 5.27. The van der Waals surface area contributed by atoms with E-state index in [1.54, 1.807) is 0 Å². The van der Waals surface area contributed by atoms with E-state index in [1.807, 2.05) is 33.4 Å². The van der Waals surface area contributed by atoms with Crippen molar-refractivity contribution >= 4 is 17.4 Å². The van der Waals surface area contributed by atoms with Gasteiger partial charge in [0.15, 0.2) is 0 Å². The van der Waals surface area contributed by atoms with Crippen molar-refractivity contribution in [2.45, 2.75) is 71.1 Å². The van der Waals surface area contributed by atoms with Crippen LogP contribution in [-0.2, 0) is 6.42 Å². The summed E-state index contributed by atoms with van der Waals surface area (Å²) in [5, 5.41) is 0. The lowest BCUT2D eigenvalue weighted by Crippen LogP contribution is -2.07. The van der Waals surface area contributed by atoms with Gasteiger partial charge in [-0.1, -0.05) is 94.9 Å². The number of aliphatic imine (C=N–C) groups is 1. The molecule has 0 bridgehead atoms. The minimum atomic E-state index is 0.898. The number of hydrogen-bond donors (Lipinski definition) is 0. The second-order valence-electron chi connectivity index (χ2n) is 10.3. The van der Waals surface area contributed by atoms with Gasteiger partial charge < -0.3 is 4.90 Å². The Kier molecular flexibility index (Phi) is 11.2. The van der Waals surface area contributed by atoms with Crippen LogP contribution < -0.4 is 0 Å². The Balaban J connectivity index is 1.95. The van der Waals surface area contributed by atoms with Crippen LogP contribution in [0.2, 0.25) is 0 Å². The highest BCUT2D eigenvalue weighted by Crippen LogP contribution is 2.30. The number of aryl methyl sites for hydroxylation is 1. The molecule has 0 atom stereocenters. The predicted octanol–water partition coefficient (Wildman–Crippen LogP) is 8.62. The highest BCUT2D eigenvalue weighted by Gasteiger charge is 2.15. The van der Waals surface area contributed by atoms with E-state index in [4.69, 9.17) is 4.98 Å². The molecule has 3 rings (SSSR count). The van der Waals surface area contributed by atoms with Crippen molar-refractivity contribution in [2.24, 2.45) is 10.9 Å². The number of benzene rings is 1. The van der Waals surface area contributed by atoms with Gasteiger partial charge in [0.25, 0.3) is 0 Å². The summed E-state index contributed by atoms with van der Waals surface area (Å²) in [6.07, 6.45) is 21.1. The fraction of sp³-hybridized carbons (Fsp3) is 0.455. The van der Waals surface area contributed by atoms with Gasteiger partial charge in [0.05, 0.1) is 5.69 Å². The zero-order chi connectivity index (χ0) is 25.8. The first-order valence-electron chi connectivity index (χ1n) is 13.8. The molecule has 0 spiro atoms. The normalized spacial score (nSPS) is 15.4. The summed E-state index contributed by atoms with van der Waals surface area (Å²) < 4.78 is 0. The van der Waals surface area contributed by atoms with Gasteiger partial charge in [0.2, 0.25) is 0 Å². The van der Waals surface area contributed by atoms with Gasteiger partial charge in [-0.25, -0.2) is 0 Å². The van der Waals surface area contributed by atoms with Crippen molar-refractivity contribution in [1.82, 2.24) is 9.88 Å². The molecule has 1 aliphatic carbocycles. The molecule has 0 radical (unpaired) electrons. The van der Waals surface area contributed by atoms with Crippen LogP contribution in [0.4, 0.5) is 0 Å². The number of nitrogens with zero attached hydrogens (tertiary/aromatic N) is 3. The molecule has 0 N–H and O–H groups in total. The third-order valence-electron chi connectivity index (χ3n) is 7.07. The quantitative estimate of drug-likeness (QED) is 0.223. The average Bonchev–Trinajstić information content (AvgIpc) is 2.90. The summed E-state index contributed by atoms with van der Waals surface area (Å²) in [7, 11) is 5.93. The van der Waals surface area contributed by atoms with Crippen LogP contribution in [0.5, 0.6) is 0 Å². The molecule has 1 aromatic carbocycles. The standard InChI is InChI=1S/C33H45N3/c1-6-8-17-30(24-34-3)31-21-22-32(35-33(31)20-12-16-26-14-10-9-11-15-26)29-19-13-18-28(23-29)27(7-2)25-36(4)5/h7,13,17-19,21-26H,2,6,8-12,14-16,20H2,1,3-5H3/b27-25+,30-17+,34-24?. The number of aromatic nitrogens is 1. The summed E-state index contributed by atoms with van der Waals surface area (Å²) in [6.45, 7) is 6.24. The SMILES string of the molecule is C=C/C(=C\N(C)C)c1cccc(-c2ccc(/C(C=NC)=C/CCC)c(CCCC3CCCCC3)n2)c1. The van der Waals surface area contributed by atoms with Crippen molar-refractivity contribution in [3.63, 3.8) is 0 Å². The van der Waals surface area contributed by atoms with Crippen LogP contribution in [0.25, 0.3) is 22.4 Å². The van der Waals surface area contributed by atoms with Crippen LogP contribution in [0.1, 0.15) is 81.5 Å². The fourth-order valence-corrected chi connectivity index (χ4v) is 5.20.